The maximum Gasteiger partial charge on any atom is 0.337 e. The van der Waals surface area contributed by atoms with Gasteiger partial charge < -0.3 is 10.4 Å². The Kier molecular flexibility index (Phi) is 4.70. The molecule has 6 heteroatoms. The smallest absolute Gasteiger partial charge is 0.337 e. The van der Waals surface area contributed by atoms with Crippen LogP contribution in [-0.4, -0.2) is 11.1 Å². The predicted octanol–water partition coefficient (Wildman–Crippen LogP) is 5.15. The van der Waals surface area contributed by atoms with Crippen LogP contribution in [-0.2, 0) is 0 Å². The summed E-state index contributed by atoms with van der Waals surface area (Å²) in [5.74, 6) is -1.02. The molecular formula is C13H8BrClINO2. The van der Waals surface area contributed by atoms with E-state index in [1.807, 2.05) is 18.2 Å². The number of nitrogens with one attached hydrogen (secondary N) is 1. The normalized spacial score (nSPS) is 10.3. The van der Waals surface area contributed by atoms with E-state index in [0.29, 0.717) is 10.7 Å². The van der Waals surface area contributed by atoms with E-state index in [1.165, 1.54) is 6.07 Å². The van der Waals surface area contributed by atoms with Gasteiger partial charge in [-0.25, -0.2) is 4.79 Å². The molecule has 0 unspecified atom stereocenters. The standard InChI is InChI=1S/C13H8BrClINO2/c14-10-3-2-8(16)6-12(10)17-11-4-1-7(15)5-9(11)13(18)19/h1-6,17H,(H,18,19). The number of anilines is 2. The third-order valence-corrected chi connectivity index (χ3v) is 4.01. The van der Waals surface area contributed by atoms with Gasteiger partial charge in [-0.2, -0.15) is 0 Å². The minimum atomic E-state index is -1.02. The van der Waals surface area contributed by atoms with Gasteiger partial charge in [0.25, 0.3) is 0 Å². The molecule has 0 radical (unpaired) electrons. The number of hydrogen-bond acceptors (Lipinski definition) is 2. The van der Waals surface area contributed by atoms with Crippen LogP contribution in [0.2, 0.25) is 5.02 Å². The SMILES string of the molecule is O=C(O)c1cc(Cl)ccc1Nc1cc(I)ccc1Br. The lowest BCUT2D eigenvalue weighted by molar-refractivity contribution is 0.0698. The van der Waals surface area contributed by atoms with E-state index >= 15 is 0 Å². The molecule has 98 valence electrons. The van der Waals surface area contributed by atoms with Gasteiger partial charge in [0.05, 0.1) is 16.9 Å². The van der Waals surface area contributed by atoms with Gasteiger partial charge in [-0.1, -0.05) is 11.6 Å². The Morgan fingerprint density at radius 3 is 2.63 bits per heavy atom. The molecule has 0 amide bonds. The molecule has 0 aliphatic heterocycles. The van der Waals surface area contributed by atoms with Crippen molar-refractivity contribution in [1.29, 1.82) is 0 Å². The molecule has 0 bridgehead atoms. The lowest BCUT2D eigenvalue weighted by atomic mass is 10.1. The molecule has 0 heterocycles. The van der Waals surface area contributed by atoms with E-state index in [9.17, 15) is 9.90 Å². The zero-order chi connectivity index (χ0) is 14.0. The molecule has 0 saturated heterocycles. The first kappa shape index (κ1) is 14.6. The highest BCUT2D eigenvalue weighted by Gasteiger charge is 2.12. The van der Waals surface area contributed by atoms with Crippen molar-refractivity contribution in [3.8, 4) is 0 Å². The molecule has 3 nitrogen and oxygen atoms in total. The fraction of sp³-hybridized carbons (Fsp3) is 0. The molecule has 2 rings (SSSR count). The van der Waals surface area contributed by atoms with Crippen molar-refractivity contribution in [2.75, 3.05) is 5.32 Å². The average Bonchev–Trinajstić information content (AvgIpc) is 2.35. The highest BCUT2D eigenvalue weighted by Crippen LogP contribution is 2.30. The third kappa shape index (κ3) is 3.61. The molecule has 2 aromatic carbocycles. The van der Waals surface area contributed by atoms with Crippen molar-refractivity contribution in [2.45, 2.75) is 0 Å². The molecule has 0 aliphatic carbocycles. The van der Waals surface area contributed by atoms with Crippen LogP contribution in [0, 0.1) is 3.57 Å². The van der Waals surface area contributed by atoms with Crippen LogP contribution < -0.4 is 5.32 Å². The highest BCUT2D eigenvalue weighted by molar-refractivity contribution is 14.1. The first-order chi connectivity index (χ1) is 8.97. The highest BCUT2D eigenvalue weighted by atomic mass is 127. The van der Waals surface area contributed by atoms with Crippen molar-refractivity contribution < 1.29 is 9.90 Å². The van der Waals surface area contributed by atoms with Gasteiger partial charge in [-0.3, -0.25) is 0 Å². The number of aromatic carboxylic acids is 1. The van der Waals surface area contributed by atoms with Crippen LogP contribution in [0.15, 0.2) is 40.9 Å². The summed E-state index contributed by atoms with van der Waals surface area (Å²) in [6.07, 6.45) is 0. The molecule has 19 heavy (non-hydrogen) atoms. The Labute approximate surface area is 137 Å². The second kappa shape index (κ2) is 6.11. The topological polar surface area (TPSA) is 49.3 Å². The lowest BCUT2D eigenvalue weighted by Gasteiger charge is -2.12. The predicted molar refractivity (Wildman–Crippen MR) is 88.6 cm³/mol. The first-order valence-corrected chi connectivity index (χ1v) is 7.47. The van der Waals surface area contributed by atoms with Crippen LogP contribution in [0.25, 0.3) is 0 Å². The second-order valence-corrected chi connectivity index (χ2v) is 6.28. The quantitative estimate of drug-likeness (QED) is 0.634. The summed E-state index contributed by atoms with van der Waals surface area (Å²) in [4.78, 5) is 11.2. The van der Waals surface area contributed by atoms with E-state index < -0.39 is 5.97 Å². The molecule has 2 N–H and O–H groups in total. The van der Waals surface area contributed by atoms with Crippen molar-refractivity contribution in [3.05, 3.63) is 55.0 Å². The van der Waals surface area contributed by atoms with E-state index in [2.05, 4.69) is 43.8 Å². The molecule has 0 aromatic heterocycles. The monoisotopic (exact) mass is 451 g/mol. The molecule has 0 atom stereocenters. The zero-order valence-corrected chi connectivity index (χ0v) is 14.0. The number of carboxylic acids is 1. The van der Waals surface area contributed by atoms with Gasteiger partial charge in [0.2, 0.25) is 0 Å². The number of halogens is 3. The van der Waals surface area contributed by atoms with Gasteiger partial charge in [0, 0.05) is 13.1 Å². The number of benzene rings is 2. The summed E-state index contributed by atoms with van der Waals surface area (Å²) in [5, 5.41) is 12.7. The van der Waals surface area contributed by atoms with Gasteiger partial charge in [-0.05, 0) is 74.9 Å². The van der Waals surface area contributed by atoms with E-state index in [4.69, 9.17) is 11.6 Å². The number of hydrogen-bond donors (Lipinski definition) is 2. The Hall–Kier alpha value is -0.790. The Balaban J connectivity index is 2.43. The molecule has 0 spiro atoms. The fourth-order valence-electron chi connectivity index (χ4n) is 1.54. The van der Waals surface area contributed by atoms with Crippen LogP contribution in [0.3, 0.4) is 0 Å². The van der Waals surface area contributed by atoms with E-state index in [0.717, 1.165) is 13.7 Å². The number of rotatable bonds is 3. The van der Waals surface area contributed by atoms with E-state index in [-0.39, 0.29) is 5.56 Å². The Morgan fingerprint density at radius 2 is 1.95 bits per heavy atom. The summed E-state index contributed by atoms with van der Waals surface area (Å²) in [7, 11) is 0. The molecule has 0 saturated carbocycles. The zero-order valence-electron chi connectivity index (χ0n) is 9.45. The van der Waals surface area contributed by atoms with Crippen LogP contribution >= 0.6 is 50.1 Å². The van der Waals surface area contributed by atoms with Crippen LogP contribution in [0.1, 0.15) is 10.4 Å². The second-order valence-electron chi connectivity index (χ2n) is 3.74. The molecule has 2 aromatic rings. The fourth-order valence-corrected chi connectivity index (χ4v) is 2.55. The van der Waals surface area contributed by atoms with Crippen LogP contribution in [0.4, 0.5) is 11.4 Å². The Morgan fingerprint density at radius 1 is 1.21 bits per heavy atom. The minimum Gasteiger partial charge on any atom is -0.478 e. The first-order valence-electron chi connectivity index (χ1n) is 5.22. The molecule has 0 aliphatic rings. The minimum absolute atomic E-state index is 0.137. The Bertz CT molecular complexity index is 649. The maximum absolute atomic E-state index is 11.2. The summed E-state index contributed by atoms with van der Waals surface area (Å²) >= 11 is 11.4. The summed E-state index contributed by atoms with van der Waals surface area (Å²) in [6.45, 7) is 0. The van der Waals surface area contributed by atoms with Crippen molar-refractivity contribution in [3.63, 3.8) is 0 Å². The van der Waals surface area contributed by atoms with Gasteiger partial charge >= 0.3 is 5.97 Å². The van der Waals surface area contributed by atoms with Crippen molar-refractivity contribution in [1.82, 2.24) is 0 Å². The van der Waals surface area contributed by atoms with Gasteiger partial charge in [0.15, 0.2) is 0 Å². The average molecular weight is 452 g/mol. The van der Waals surface area contributed by atoms with Crippen LogP contribution in [0.5, 0.6) is 0 Å². The summed E-state index contributed by atoms with van der Waals surface area (Å²) in [5.41, 5.74) is 1.44. The molecule has 0 fully saturated rings. The number of carbonyl (C=O) groups is 1. The van der Waals surface area contributed by atoms with Crippen molar-refractivity contribution in [2.24, 2.45) is 0 Å². The lowest BCUT2D eigenvalue weighted by Crippen LogP contribution is -2.03. The summed E-state index contributed by atoms with van der Waals surface area (Å²) < 4.78 is 1.91. The van der Waals surface area contributed by atoms with Gasteiger partial charge in [0.1, 0.15) is 0 Å². The third-order valence-electron chi connectivity index (χ3n) is 2.41. The molecular weight excluding hydrogens is 444 g/mol. The largest absolute Gasteiger partial charge is 0.478 e. The van der Waals surface area contributed by atoms with Gasteiger partial charge in [-0.15, -0.1) is 0 Å². The maximum atomic E-state index is 11.2. The number of carboxylic acid groups (broad SMARTS) is 1. The van der Waals surface area contributed by atoms with E-state index in [1.54, 1.807) is 12.1 Å². The van der Waals surface area contributed by atoms with Crippen molar-refractivity contribution >= 4 is 67.5 Å². The summed E-state index contributed by atoms with van der Waals surface area (Å²) in [6, 6.07) is 10.5.